The Labute approximate surface area is 79.3 Å². The SMILES string of the molecule is C=C(Cl)Cn1ccc(=O)[nH]c1=S. The van der Waals surface area contributed by atoms with Crippen molar-refractivity contribution in [3.63, 3.8) is 0 Å². The van der Waals surface area contributed by atoms with Crippen molar-refractivity contribution in [3.05, 3.63) is 39.0 Å². The Morgan fingerprint density at radius 2 is 2.50 bits per heavy atom. The molecule has 0 radical (unpaired) electrons. The Bertz CT molecular complexity index is 406. The van der Waals surface area contributed by atoms with Gasteiger partial charge in [-0.25, -0.2) is 0 Å². The van der Waals surface area contributed by atoms with Crippen LogP contribution in [0.25, 0.3) is 0 Å². The maximum atomic E-state index is 10.7. The monoisotopic (exact) mass is 202 g/mol. The molecule has 12 heavy (non-hydrogen) atoms. The molecule has 1 aromatic rings. The van der Waals surface area contributed by atoms with E-state index in [-0.39, 0.29) is 5.56 Å². The third-order valence-electron chi connectivity index (χ3n) is 1.24. The number of allylic oxidation sites excluding steroid dienone is 1. The van der Waals surface area contributed by atoms with Gasteiger partial charge in [-0.1, -0.05) is 18.2 Å². The molecule has 64 valence electrons. The lowest BCUT2D eigenvalue weighted by Gasteiger charge is -2.02. The van der Waals surface area contributed by atoms with Gasteiger partial charge in [0.1, 0.15) is 0 Å². The van der Waals surface area contributed by atoms with Crippen molar-refractivity contribution in [1.82, 2.24) is 9.55 Å². The summed E-state index contributed by atoms with van der Waals surface area (Å²) in [6, 6.07) is 1.38. The lowest BCUT2D eigenvalue weighted by Crippen LogP contribution is -2.11. The Hall–Kier alpha value is -0.870. The zero-order valence-corrected chi connectivity index (χ0v) is 7.78. The zero-order chi connectivity index (χ0) is 9.14. The van der Waals surface area contributed by atoms with E-state index in [1.165, 1.54) is 6.07 Å². The Kier molecular flexibility index (Phi) is 2.83. The second-order valence-electron chi connectivity index (χ2n) is 2.26. The van der Waals surface area contributed by atoms with E-state index in [2.05, 4.69) is 11.6 Å². The van der Waals surface area contributed by atoms with Crippen molar-refractivity contribution in [3.8, 4) is 0 Å². The van der Waals surface area contributed by atoms with Crippen LogP contribution in [-0.2, 0) is 6.54 Å². The fourth-order valence-electron chi connectivity index (χ4n) is 0.754. The van der Waals surface area contributed by atoms with Crippen LogP contribution in [0.2, 0.25) is 0 Å². The number of halogens is 1. The summed E-state index contributed by atoms with van der Waals surface area (Å²) in [7, 11) is 0. The molecule has 0 atom stereocenters. The van der Waals surface area contributed by atoms with Gasteiger partial charge >= 0.3 is 0 Å². The maximum absolute atomic E-state index is 10.7. The van der Waals surface area contributed by atoms with E-state index in [0.29, 0.717) is 16.3 Å². The molecule has 1 rings (SSSR count). The van der Waals surface area contributed by atoms with Crippen molar-refractivity contribution in [2.75, 3.05) is 0 Å². The summed E-state index contributed by atoms with van der Waals surface area (Å²) in [5.41, 5.74) is -0.212. The molecule has 0 bridgehead atoms. The number of rotatable bonds is 2. The van der Waals surface area contributed by atoms with Crippen molar-refractivity contribution in [2.45, 2.75) is 6.54 Å². The number of aromatic amines is 1. The summed E-state index contributed by atoms with van der Waals surface area (Å²) >= 11 is 10.4. The topological polar surface area (TPSA) is 37.8 Å². The average Bonchev–Trinajstić information content (AvgIpc) is 1.94. The van der Waals surface area contributed by atoms with Crippen molar-refractivity contribution < 1.29 is 0 Å². The molecule has 0 saturated carbocycles. The first kappa shape index (κ1) is 9.22. The molecule has 1 N–H and O–H groups in total. The van der Waals surface area contributed by atoms with Crippen LogP contribution in [0, 0.1) is 4.77 Å². The van der Waals surface area contributed by atoms with E-state index >= 15 is 0 Å². The third-order valence-corrected chi connectivity index (χ3v) is 1.69. The summed E-state index contributed by atoms with van der Waals surface area (Å²) in [5, 5.41) is 0.471. The molecule has 0 unspecified atom stereocenters. The van der Waals surface area contributed by atoms with Gasteiger partial charge in [0.15, 0.2) is 4.77 Å². The predicted octanol–water partition coefficient (Wildman–Crippen LogP) is 1.66. The van der Waals surface area contributed by atoms with Gasteiger partial charge in [-0.15, -0.1) is 0 Å². The average molecular weight is 203 g/mol. The number of aromatic nitrogens is 2. The first-order chi connectivity index (χ1) is 5.59. The smallest absolute Gasteiger partial charge is 0.251 e. The maximum Gasteiger partial charge on any atom is 0.251 e. The van der Waals surface area contributed by atoms with Crippen LogP contribution in [-0.4, -0.2) is 9.55 Å². The van der Waals surface area contributed by atoms with E-state index in [9.17, 15) is 4.79 Å². The van der Waals surface area contributed by atoms with Crippen LogP contribution in [0.15, 0.2) is 28.7 Å². The van der Waals surface area contributed by atoms with Gasteiger partial charge in [-0.2, -0.15) is 0 Å². The molecular formula is C7H7ClN2OS. The first-order valence-corrected chi connectivity index (χ1v) is 4.01. The second-order valence-corrected chi connectivity index (χ2v) is 3.18. The molecule has 0 spiro atoms. The van der Waals surface area contributed by atoms with Gasteiger partial charge in [0.25, 0.3) is 5.56 Å². The van der Waals surface area contributed by atoms with Gasteiger partial charge < -0.3 is 4.57 Å². The fourth-order valence-corrected chi connectivity index (χ4v) is 1.11. The highest BCUT2D eigenvalue weighted by atomic mass is 35.5. The van der Waals surface area contributed by atoms with E-state index in [0.717, 1.165) is 0 Å². The molecule has 0 fully saturated rings. The highest BCUT2D eigenvalue weighted by molar-refractivity contribution is 7.71. The number of nitrogens with one attached hydrogen (secondary N) is 1. The van der Waals surface area contributed by atoms with Gasteiger partial charge in [-0.05, 0) is 12.2 Å². The normalized spacial score (nSPS) is 9.75. The quantitative estimate of drug-likeness (QED) is 0.741. The van der Waals surface area contributed by atoms with Gasteiger partial charge in [0.05, 0.1) is 6.54 Å². The molecule has 0 amide bonds. The molecule has 3 nitrogen and oxygen atoms in total. The summed E-state index contributed by atoms with van der Waals surface area (Å²) in [6.07, 6.45) is 1.58. The minimum atomic E-state index is -0.212. The number of nitrogens with zero attached hydrogens (tertiary/aromatic N) is 1. The van der Waals surface area contributed by atoms with E-state index in [4.69, 9.17) is 23.8 Å². The van der Waals surface area contributed by atoms with Crippen LogP contribution in [0.4, 0.5) is 0 Å². The molecule has 0 aliphatic heterocycles. The number of H-pyrrole nitrogens is 1. The zero-order valence-electron chi connectivity index (χ0n) is 6.21. The Morgan fingerprint density at radius 1 is 1.83 bits per heavy atom. The number of hydrogen-bond acceptors (Lipinski definition) is 2. The van der Waals surface area contributed by atoms with Gasteiger partial charge in [0.2, 0.25) is 0 Å². The summed E-state index contributed by atoms with van der Waals surface area (Å²) < 4.78 is 1.98. The Morgan fingerprint density at radius 3 is 3.00 bits per heavy atom. The minimum absolute atomic E-state index is 0.212. The summed E-state index contributed by atoms with van der Waals surface area (Å²) in [4.78, 5) is 13.2. The van der Waals surface area contributed by atoms with Crippen LogP contribution in [0.3, 0.4) is 0 Å². The minimum Gasteiger partial charge on any atom is -0.320 e. The van der Waals surface area contributed by atoms with Crippen LogP contribution in [0.1, 0.15) is 0 Å². The van der Waals surface area contributed by atoms with Crippen LogP contribution >= 0.6 is 23.8 Å². The van der Waals surface area contributed by atoms with Crippen molar-refractivity contribution >= 4 is 23.8 Å². The van der Waals surface area contributed by atoms with Crippen LogP contribution < -0.4 is 5.56 Å². The molecular weight excluding hydrogens is 196 g/mol. The molecule has 0 saturated heterocycles. The van der Waals surface area contributed by atoms with E-state index < -0.39 is 0 Å². The van der Waals surface area contributed by atoms with Crippen LogP contribution in [0.5, 0.6) is 0 Å². The van der Waals surface area contributed by atoms with E-state index in [1.54, 1.807) is 10.8 Å². The molecule has 1 aromatic heterocycles. The fraction of sp³-hybridized carbons (Fsp3) is 0.143. The molecule has 0 aliphatic rings. The van der Waals surface area contributed by atoms with Crippen molar-refractivity contribution in [2.24, 2.45) is 0 Å². The first-order valence-electron chi connectivity index (χ1n) is 3.22. The van der Waals surface area contributed by atoms with Crippen molar-refractivity contribution in [1.29, 1.82) is 0 Å². The lowest BCUT2D eigenvalue weighted by molar-refractivity contribution is 0.755. The van der Waals surface area contributed by atoms with Gasteiger partial charge in [0, 0.05) is 17.3 Å². The predicted molar refractivity (Wildman–Crippen MR) is 50.9 cm³/mol. The third kappa shape index (κ3) is 2.32. The standard InChI is InChI=1S/C7H7ClN2OS/c1-5(8)4-10-3-2-6(11)9-7(10)12/h2-3H,1,4H2,(H,9,11,12). The largest absolute Gasteiger partial charge is 0.320 e. The van der Waals surface area contributed by atoms with E-state index in [1.807, 2.05) is 0 Å². The number of hydrogen-bond donors (Lipinski definition) is 1. The van der Waals surface area contributed by atoms with Gasteiger partial charge in [-0.3, -0.25) is 9.78 Å². The molecule has 1 heterocycles. The lowest BCUT2D eigenvalue weighted by atomic mass is 10.5. The second kappa shape index (κ2) is 3.69. The molecule has 5 heteroatoms. The molecule has 0 aliphatic carbocycles. The molecule has 0 aromatic carbocycles. The Balaban J connectivity index is 3.10. The summed E-state index contributed by atoms with van der Waals surface area (Å²) in [6.45, 7) is 3.93. The summed E-state index contributed by atoms with van der Waals surface area (Å²) in [5.74, 6) is 0. The highest BCUT2D eigenvalue weighted by Gasteiger charge is 1.93. The highest BCUT2D eigenvalue weighted by Crippen LogP contribution is 2.00.